The second-order valence-corrected chi connectivity index (χ2v) is 6.63. The van der Waals surface area contributed by atoms with Crippen LogP contribution in [0.5, 0.6) is 5.75 Å². The van der Waals surface area contributed by atoms with Crippen LogP contribution in [-0.2, 0) is 20.9 Å². The number of methoxy groups -OCH3 is 1. The van der Waals surface area contributed by atoms with Gasteiger partial charge >= 0.3 is 5.97 Å². The second-order valence-electron chi connectivity index (χ2n) is 6.63. The lowest BCUT2D eigenvalue weighted by atomic mass is 10.1. The van der Waals surface area contributed by atoms with Gasteiger partial charge in [-0.3, -0.25) is 14.4 Å². The van der Waals surface area contributed by atoms with Crippen LogP contribution in [0.25, 0.3) is 0 Å². The Morgan fingerprint density at radius 1 is 1.20 bits per heavy atom. The first-order chi connectivity index (χ1) is 12.0. The van der Waals surface area contributed by atoms with Gasteiger partial charge in [-0.05, 0) is 24.1 Å². The highest BCUT2D eigenvalue weighted by molar-refractivity contribution is 5.89. The van der Waals surface area contributed by atoms with Crippen molar-refractivity contribution in [3.05, 3.63) is 29.8 Å². The summed E-state index contributed by atoms with van der Waals surface area (Å²) in [6, 6.07) is 7.49. The zero-order valence-electron chi connectivity index (χ0n) is 14.2. The molecule has 25 heavy (non-hydrogen) atoms. The summed E-state index contributed by atoms with van der Waals surface area (Å²) in [7, 11) is 1.60. The van der Waals surface area contributed by atoms with Crippen LogP contribution >= 0.6 is 0 Å². The van der Waals surface area contributed by atoms with Crippen molar-refractivity contribution in [2.75, 3.05) is 26.7 Å². The van der Waals surface area contributed by atoms with Crippen molar-refractivity contribution in [3.63, 3.8) is 0 Å². The molecule has 7 nitrogen and oxygen atoms in total. The molecule has 2 saturated heterocycles. The highest BCUT2D eigenvalue weighted by atomic mass is 16.5. The lowest BCUT2D eigenvalue weighted by Crippen LogP contribution is -2.36. The molecule has 1 aromatic rings. The number of carboxylic acids is 1. The first-order valence-electron chi connectivity index (χ1n) is 8.40. The minimum Gasteiger partial charge on any atom is -0.497 e. The molecule has 2 amide bonds. The molecule has 0 bridgehead atoms. The van der Waals surface area contributed by atoms with Crippen molar-refractivity contribution in [1.82, 2.24) is 9.80 Å². The fourth-order valence-electron chi connectivity index (χ4n) is 3.46. The number of amides is 2. The first-order valence-corrected chi connectivity index (χ1v) is 8.40. The zero-order chi connectivity index (χ0) is 18.0. The molecule has 0 radical (unpaired) electrons. The number of hydrogen-bond acceptors (Lipinski definition) is 4. The summed E-state index contributed by atoms with van der Waals surface area (Å²) in [5.74, 6) is -1.11. The van der Waals surface area contributed by atoms with Crippen LogP contribution in [0, 0.1) is 11.8 Å². The van der Waals surface area contributed by atoms with Gasteiger partial charge in [0.1, 0.15) is 5.75 Å². The lowest BCUT2D eigenvalue weighted by molar-refractivity contribution is -0.141. The van der Waals surface area contributed by atoms with Crippen LogP contribution < -0.4 is 4.74 Å². The van der Waals surface area contributed by atoms with E-state index in [4.69, 9.17) is 9.84 Å². The van der Waals surface area contributed by atoms with Crippen LogP contribution in [0.3, 0.4) is 0 Å². The van der Waals surface area contributed by atoms with E-state index in [-0.39, 0.29) is 30.7 Å². The third-order valence-corrected chi connectivity index (χ3v) is 4.95. The molecule has 2 fully saturated rings. The molecule has 0 aromatic heterocycles. The topological polar surface area (TPSA) is 87.2 Å². The third kappa shape index (κ3) is 3.75. The van der Waals surface area contributed by atoms with E-state index < -0.39 is 11.9 Å². The molecular weight excluding hydrogens is 324 g/mol. The van der Waals surface area contributed by atoms with Gasteiger partial charge in [0.25, 0.3) is 0 Å². The number of likely N-dealkylation sites (tertiary alicyclic amines) is 2. The Kier molecular flexibility index (Phi) is 4.92. The van der Waals surface area contributed by atoms with E-state index in [0.29, 0.717) is 26.1 Å². The molecule has 134 valence electrons. The first kappa shape index (κ1) is 17.3. The number of aliphatic carboxylic acids is 1. The van der Waals surface area contributed by atoms with E-state index in [2.05, 4.69) is 0 Å². The molecular formula is C18H22N2O5. The molecule has 2 aliphatic heterocycles. The van der Waals surface area contributed by atoms with Gasteiger partial charge in [-0.1, -0.05) is 12.1 Å². The van der Waals surface area contributed by atoms with Crippen molar-refractivity contribution in [2.45, 2.75) is 19.4 Å². The van der Waals surface area contributed by atoms with E-state index in [1.165, 1.54) is 0 Å². The second kappa shape index (κ2) is 7.13. The van der Waals surface area contributed by atoms with Crippen molar-refractivity contribution >= 4 is 17.8 Å². The van der Waals surface area contributed by atoms with Crippen molar-refractivity contribution < 1.29 is 24.2 Å². The normalized spacial score (nSPS) is 23.2. The quantitative estimate of drug-likeness (QED) is 0.859. The van der Waals surface area contributed by atoms with E-state index in [1.807, 2.05) is 24.3 Å². The van der Waals surface area contributed by atoms with Gasteiger partial charge in [-0.15, -0.1) is 0 Å². The molecule has 2 unspecified atom stereocenters. The summed E-state index contributed by atoms with van der Waals surface area (Å²) in [5.41, 5.74) is 0.981. The standard InChI is InChI=1S/C18H22N2O5/c1-25-15-4-2-12(3-5-15)9-20-11-14(8-16(20)21)17(22)19-7-6-13(10-19)18(23)24/h2-5,13-14H,6-11H2,1H3,(H,23,24). The Hall–Kier alpha value is -2.57. The summed E-state index contributed by atoms with van der Waals surface area (Å²) in [6.07, 6.45) is 0.681. The number of nitrogens with zero attached hydrogens (tertiary/aromatic N) is 2. The minimum atomic E-state index is -0.862. The molecule has 0 saturated carbocycles. The third-order valence-electron chi connectivity index (χ3n) is 4.95. The number of benzene rings is 1. The largest absolute Gasteiger partial charge is 0.497 e. The summed E-state index contributed by atoms with van der Waals surface area (Å²) >= 11 is 0. The average Bonchev–Trinajstić information content (AvgIpc) is 3.23. The van der Waals surface area contributed by atoms with Crippen molar-refractivity contribution in [2.24, 2.45) is 11.8 Å². The Labute approximate surface area is 146 Å². The molecule has 0 spiro atoms. The molecule has 1 aromatic carbocycles. The fourth-order valence-corrected chi connectivity index (χ4v) is 3.46. The highest BCUT2D eigenvalue weighted by Gasteiger charge is 2.39. The van der Waals surface area contributed by atoms with E-state index in [9.17, 15) is 14.4 Å². The predicted molar refractivity (Wildman–Crippen MR) is 88.8 cm³/mol. The smallest absolute Gasteiger partial charge is 0.308 e. The van der Waals surface area contributed by atoms with Crippen LogP contribution in [0.4, 0.5) is 0 Å². The average molecular weight is 346 g/mol. The number of rotatable bonds is 5. The Morgan fingerprint density at radius 3 is 2.52 bits per heavy atom. The van der Waals surface area contributed by atoms with Crippen LogP contribution in [-0.4, -0.2) is 59.4 Å². The van der Waals surface area contributed by atoms with E-state index >= 15 is 0 Å². The number of ether oxygens (including phenoxy) is 1. The molecule has 2 heterocycles. The maximum absolute atomic E-state index is 12.6. The number of carboxylic acid groups (broad SMARTS) is 1. The van der Waals surface area contributed by atoms with Gasteiger partial charge in [-0.25, -0.2) is 0 Å². The van der Waals surface area contributed by atoms with Gasteiger partial charge in [0.05, 0.1) is 18.9 Å². The van der Waals surface area contributed by atoms with Crippen molar-refractivity contribution in [3.8, 4) is 5.75 Å². The number of carbonyl (C=O) groups excluding carboxylic acids is 2. The summed E-state index contributed by atoms with van der Waals surface area (Å²) in [5, 5.41) is 9.05. The predicted octanol–water partition coefficient (Wildman–Crippen LogP) is 0.977. The SMILES string of the molecule is COc1ccc(CN2CC(C(=O)N3CCC(C(=O)O)C3)CC2=O)cc1. The van der Waals surface area contributed by atoms with Gasteiger partial charge in [0.15, 0.2) is 0 Å². The van der Waals surface area contributed by atoms with Gasteiger partial charge in [0, 0.05) is 32.6 Å². The Morgan fingerprint density at radius 2 is 1.92 bits per heavy atom. The monoisotopic (exact) mass is 346 g/mol. The molecule has 2 aliphatic rings. The zero-order valence-corrected chi connectivity index (χ0v) is 14.2. The van der Waals surface area contributed by atoms with Crippen LogP contribution in [0.15, 0.2) is 24.3 Å². The summed E-state index contributed by atoms with van der Waals surface area (Å²) < 4.78 is 5.12. The summed E-state index contributed by atoms with van der Waals surface area (Å²) in [4.78, 5) is 39.1. The molecule has 2 atom stereocenters. The minimum absolute atomic E-state index is 0.0388. The maximum Gasteiger partial charge on any atom is 0.308 e. The van der Waals surface area contributed by atoms with Gasteiger partial charge < -0.3 is 19.6 Å². The molecule has 0 aliphatic carbocycles. The van der Waals surface area contributed by atoms with E-state index in [1.54, 1.807) is 16.9 Å². The number of carbonyl (C=O) groups is 3. The van der Waals surface area contributed by atoms with Crippen LogP contribution in [0.1, 0.15) is 18.4 Å². The van der Waals surface area contributed by atoms with E-state index in [0.717, 1.165) is 11.3 Å². The summed E-state index contributed by atoms with van der Waals surface area (Å²) in [6.45, 7) is 1.55. The molecule has 7 heteroatoms. The lowest BCUT2D eigenvalue weighted by Gasteiger charge is -2.21. The Bertz CT molecular complexity index is 673. The fraction of sp³-hybridized carbons (Fsp3) is 0.500. The van der Waals surface area contributed by atoms with Crippen LogP contribution in [0.2, 0.25) is 0 Å². The highest BCUT2D eigenvalue weighted by Crippen LogP contribution is 2.26. The Balaban J connectivity index is 1.58. The maximum atomic E-state index is 12.6. The molecule has 1 N–H and O–H groups in total. The van der Waals surface area contributed by atoms with Crippen molar-refractivity contribution in [1.29, 1.82) is 0 Å². The molecule has 3 rings (SSSR count). The number of hydrogen-bond donors (Lipinski definition) is 1. The van der Waals surface area contributed by atoms with Gasteiger partial charge in [-0.2, -0.15) is 0 Å². The van der Waals surface area contributed by atoms with Gasteiger partial charge in [0.2, 0.25) is 11.8 Å².